The Hall–Kier alpha value is -1.40. The highest BCUT2D eigenvalue weighted by molar-refractivity contribution is 7.89. The molecular formula is C16H24N2O3S. The lowest BCUT2D eigenvalue weighted by Gasteiger charge is -2.37. The highest BCUT2D eigenvalue weighted by Gasteiger charge is 2.36. The molecule has 1 amide bonds. The van der Waals surface area contributed by atoms with Gasteiger partial charge >= 0.3 is 0 Å². The number of hydrogen-bond donors (Lipinski definition) is 0. The molecule has 0 saturated carbocycles. The van der Waals surface area contributed by atoms with Crippen molar-refractivity contribution in [1.82, 2.24) is 4.31 Å². The quantitative estimate of drug-likeness (QED) is 0.854. The molecule has 1 aliphatic heterocycles. The first-order valence-corrected chi connectivity index (χ1v) is 9.00. The van der Waals surface area contributed by atoms with Gasteiger partial charge in [0.05, 0.1) is 4.90 Å². The molecule has 0 fully saturated rings. The third kappa shape index (κ3) is 2.65. The Bertz CT molecular complexity index is 691. The maximum absolute atomic E-state index is 12.7. The molecular weight excluding hydrogens is 300 g/mol. The van der Waals surface area contributed by atoms with Gasteiger partial charge in [0, 0.05) is 37.7 Å². The minimum Gasteiger partial charge on any atom is -0.315 e. The number of sulfonamides is 1. The zero-order valence-corrected chi connectivity index (χ0v) is 14.7. The van der Waals surface area contributed by atoms with Crippen molar-refractivity contribution in [3.63, 3.8) is 0 Å². The van der Waals surface area contributed by atoms with E-state index in [1.807, 2.05) is 27.7 Å². The molecule has 6 heteroatoms. The summed E-state index contributed by atoms with van der Waals surface area (Å²) in [5.41, 5.74) is 1.33. The number of fused-ring (bicyclic) bond motifs is 1. The van der Waals surface area contributed by atoms with E-state index in [9.17, 15) is 13.2 Å². The number of benzene rings is 1. The molecule has 1 aliphatic rings. The van der Waals surface area contributed by atoms with Crippen LogP contribution in [0.25, 0.3) is 0 Å². The summed E-state index contributed by atoms with van der Waals surface area (Å²) in [4.78, 5) is 14.0. The second kappa shape index (κ2) is 5.66. The number of rotatable bonds is 4. The summed E-state index contributed by atoms with van der Waals surface area (Å²) in [6.45, 7) is 8.50. The summed E-state index contributed by atoms with van der Waals surface area (Å²) in [6.07, 6.45) is 0.380. The molecule has 1 aromatic carbocycles. The van der Waals surface area contributed by atoms with E-state index in [1.165, 1.54) is 4.31 Å². The van der Waals surface area contributed by atoms with Crippen LogP contribution in [-0.4, -0.2) is 38.8 Å². The van der Waals surface area contributed by atoms with Gasteiger partial charge in [-0.25, -0.2) is 8.42 Å². The maximum atomic E-state index is 12.7. The van der Waals surface area contributed by atoms with E-state index in [0.29, 0.717) is 24.4 Å². The van der Waals surface area contributed by atoms with Gasteiger partial charge in [-0.15, -0.1) is 0 Å². The molecule has 0 N–H and O–H groups in total. The van der Waals surface area contributed by atoms with Crippen molar-refractivity contribution < 1.29 is 13.2 Å². The third-order valence-electron chi connectivity index (χ3n) is 4.37. The summed E-state index contributed by atoms with van der Waals surface area (Å²) in [6, 6.07) is 5.06. The van der Waals surface area contributed by atoms with Crippen LogP contribution in [0.15, 0.2) is 23.1 Å². The molecule has 0 aliphatic carbocycles. The standard InChI is InChI=1S/C16H24N2O3S/c1-6-18(7-2)22(20,21)12-8-9-14-13(10-12)16(3,4)11-15(19)17(14)5/h8-10H,6-7,11H2,1-5H3. The highest BCUT2D eigenvalue weighted by Crippen LogP contribution is 2.40. The molecule has 0 aromatic heterocycles. The van der Waals surface area contributed by atoms with E-state index in [0.717, 1.165) is 11.3 Å². The fraction of sp³-hybridized carbons (Fsp3) is 0.562. The summed E-state index contributed by atoms with van der Waals surface area (Å²) < 4.78 is 26.8. The summed E-state index contributed by atoms with van der Waals surface area (Å²) in [5, 5.41) is 0. The van der Waals surface area contributed by atoms with Crippen LogP contribution in [0.1, 0.15) is 39.7 Å². The summed E-state index contributed by atoms with van der Waals surface area (Å²) >= 11 is 0. The Balaban J connectivity index is 2.59. The van der Waals surface area contributed by atoms with Crippen LogP contribution >= 0.6 is 0 Å². The summed E-state index contributed by atoms with van der Waals surface area (Å²) in [7, 11) is -1.75. The van der Waals surface area contributed by atoms with Gasteiger partial charge in [-0.1, -0.05) is 27.7 Å². The topological polar surface area (TPSA) is 57.7 Å². The number of hydrogen-bond acceptors (Lipinski definition) is 3. The first-order valence-electron chi connectivity index (χ1n) is 7.56. The minimum atomic E-state index is -3.49. The zero-order chi connectivity index (χ0) is 16.7. The number of anilines is 1. The van der Waals surface area contributed by atoms with Crippen LogP contribution in [0, 0.1) is 0 Å². The van der Waals surface area contributed by atoms with Gasteiger partial charge < -0.3 is 4.90 Å². The van der Waals surface area contributed by atoms with Crippen LogP contribution in [-0.2, 0) is 20.2 Å². The zero-order valence-electron chi connectivity index (χ0n) is 13.9. The van der Waals surface area contributed by atoms with E-state index < -0.39 is 10.0 Å². The number of nitrogens with zero attached hydrogens (tertiary/aromatic N) is 2. The Morgan fingerprint density at radius 3 is 2.36 bits per heavy atom. The average Bonchev–Trinajstić information content (AvgIpc) is 2.45. The average molecular weight is 324 g/mol. The van der Waals surface area contributed by atoms with Gasteiger partial charge in [0.15, 0.2) is 0 Å². The van der Waals surface area contributed by atoms with Crippen LogP contribution in [0.2, 0.25) is 0 Å². The van der Waals surface area contributed by atoms with E-state index in [1.54, 1.807) is 30.1 Å². The largest absolute Gasteiger partial charge is 0.315 e. The lowest BCUT2D eigenvalue weighted by atomic mass is 9.77. The minimum absolute atomic E-state index is 0.0526. The predicted octanol–water partition coefficient (Wildman–Crippen LogP) is 2.36. The SMILES string of the molecule is CCN(CC)S(=O)(=O)c1ccc2c(c1)C(C)(C)CC(=O)N2C. The van der Waals surface area contributed by atoms with Gasteiger partial charge in [-0.2, -0.15) is 4.31 Å². The van der Waals surface area contributed by atoms with Crippen LogP contribution in [0.5, 0.6) is 0 Å². The van der Waals surface area contributed by atoms with Gasteiger partial charge in [-0.05, 0) is 23.8 Å². The first-order chi connectivity index (χ1) is 10.1. The molecule has 2 rings (SSSR count). The maximum Gasteiger partial charge on any atom is 0.243 e. The third-order valence-corrected chi connectivity index (χ3v) is 6.41. The second-order valence-electron chi connectivity index (χ2n) is 6.28. The van der Waals surface area contributed by atoms with Crippen molar-refractivity contribution in [2.24, 2.45) is 0 Å². The Labute approximate surface area is 133 Å². The first kappa shape index (κ1) is 17.0. The number of carbonyl (C=O) groups excluding carboxylic acids is 1. The Morgan fingerprint density at radius 2 is 1.82 bits per heavy atom. The lowest BCUT2D eigenvalue weighted by molar-refractivity contribution is -0.119. The van der Waals surface area contributed by atoms with Crippen molar-refractivity contribution >= 4 is 21.6 Å². The van der Waals surface area contributed by atoms with Gasteiger partial charge in [-0.3, -0.25) is 4.79 Å². The molecule has 0 saturated heterocycles. The molecule has 0 spiro atoms. The van der Waals surface area contributed by atoms with Crippen molar-refractivity contribution in [2.75, 3.05) is 25.0 Å². The molecule has 0 bridgehead atoms. The van der Waals surface area contributed by atoms with Gasteiger partial charge in [0.2, 0.25) is 15.9 Å². The monoisotopic (exact) mass is 324 g/mol. The molecule has 1 heterocycles. The van der Waals surface area contributed by atoms with E-state index in [4.69, 9.17) is 0 Å². The van der Waals surface area contributed by atoms with E-state index in [-0.39, 0.29) is 11.3 Å². The fourth-order valence-electron chi connectivity index (χ4n) is 2.95. The van der Waals surface area contributed by atoms with Crippen LogP contribution in [0.3, 0.4) is 0 Å². The Kier molecular flexibility index (Phi) is 4.37. The molecule has 1 aromatic rings. The summed E-state index contributed by atoms with van der Waals surface area (Å²) in [5.74, 6) is 0.0526. The smallest absolute Gasteiger partial charge is 0.243 e. The second-order valence-corrected chi connectivity index (χ2v) is 8.22. The normalized spacial score (nSPS) is 17.7. The van der Waals surface area contributed by atoms with Crippen molar-refractivity contribution in [1.29, 1.82) is 0 Å². The molecule has 5 nitrogen and oxygen atoms in total. The fourth-order valence-corrected chi connectivity index (χ4v) is 4.43. The molecule has 0 atom stereocenters. The van der Waals surface area contributed by atoms with Crippen molar-refractivity contribution in [3.05, 3.63) is 23.8 Å². The van der Waals surface area contributed by atoms with Gasteiger partial charge in [0.25, 0.3) is 0 Å². The van der Waals surface area contributed by atoms with Crippen LogP contribution in [0.4, 0.5) is 5.69 Å². The molecule has 122 valence electrons. The number of carbonyl (C=O) groups is 1. The van der Waals surface area contributed by atoms with E-state index in [2.05, 4.69) is 0 Å². The van der Waals surface area contributed by atoms with Gasteiger partial charge in [0.1, 0.15) is 0 Å². The Morgan fingerprint density at radius 1 is 1.23 bits per heavy atom. The van der Waals surface area contributed by atoms with Crippen molar-refractivity contribution in [3.8, 4) is 0 Å². The van der Waals surface area contributed by atoms with Crippen molar-refractivity contribution in [2.45, 2.75) is 44.4 Å². The number of amides is 1. The molecule has 0 radical (unpaired) electrons. The molecule has 0 unspecified atom stereocenters. The van der Waals surface area contributed by atoms with E-state index >= 15 is 0 Å². The van der Waals surface area contributed by atoms with Crippen LogP contribution < -0.4 is 4.90 Å². The molecule has 22 heavy (non-hydrogen) atoms. The predicted molar refractivity (Wildman–Crippen MR) is 87.6 cm³/mol. The highest BCUT2D eigenvalue weighted by atomic mass is 32.2. The lowest BCUT2D eigenvalue weighted by Crippen LogP contribution is -2.40.